The molecule has 3 rings (SSSR count). The molecule has 0 bridgehead atoms. The molecule has 1 amide bonds. The van der Waals surface area contributed by atoms with Crippen LogP contribution in [-0.2, 0) is 22.4 Å². The molecule has 3 heterocycles. The molecule has 0 spiro atoms. The normalized spacial score (nSPS) is 10.7. The topological polar surface area (TPSA) is 121 Å². The lowest BCUT2D eigenvalue weighted by Gasteiger charge is -2.01. The number of thiazole rings is 1. The van der Waals surface area contributed by atoms with Gasteiger partial charge in [0.15, 0.2) is 6.61 Å². The van der Waals surface area contributed by atoms with Crippen molar-refractivity contribution in [3.8, 4) is 11.4 Å². The summed E-state index contributed by atoms with van der Waals surface area (Å²) in [5.41, 5.74) is 6.84. The first kappa shape index (κ1) is 18.6. The third-order valence-corrected chi connectivity index (χ3v) is 4.68. The smallest absolute Gasteiger partial charge is 0.350 e. The molecule has 0 saturated carbocycles. The van der Waals surface area contributed by atoms with E-state index in [1.807, 2.05) is 0 Å². The molecule has 3 aromatic rings. The summed E-state index contributed by atoms with van der Waals surface area (Å²) in [5.74, 6) is -1.17. The number of aryl methyl sites for hydroxylation is 2. The van der Waals surface area contributed by atoms with Gasteiger partial charge in [0.25, 0.3) is 5.91 Å². The van der Waals surface area contributed by atoms with Crippen LogP contribution in [-0.4, -0.2) is 33.6 Å². The van der Waals surface area contributed by atoms with Gasteiger partial charge in [-0.05, 0) is 25.5 Å². The molecular weight excluding hydrogens is 375 g/mol. The number of hydrogen-bond acceptors (Lipinski definition) is 8. The zero-order valence-electron chi connectivity index (χ0n) is 14.3. The maximum Gasteiger partial charge on any atom is 0.350 e. The molecule has 8 nitrogen and oxygen atoms in total. The molecule has 0 aliphatic rings. The molecule has 2 N–H and O–H groups in total. The highest BCUT2D eigenvalue weighted by atomic mass is 32.1. The fraction of sp³-hybridized carbons (Fsp3) is 0.235. The van der Waals surface area contributed by atoms with Gasteiger partial charge in [0.2, 0.25) is 0 Å². The predicted octanol–water partition coefficient (Wildman–Crippen LogP) is 2.07. The summed E-state index contributed by atoms with van der Waals surface area (Å²) >= 11 is 1.17. The van der Waals surface area contributed by atoms with Crippen LogP contribution in [0.2, 0.25) is 0 Å². The largest absolute Gasteiger partial charge is 0.451 e. The number of ether oxygens (including phenoxy) is 1. The third-order valence-electron chi connectivity index (χ3n) is 3.64. The summed E-state index contributed by atoms with van der Waals surface area (Å²) in [5, 5.41) is 4.72. The third kappa shape index (κ3) is 4.53. The van der Waals surface area contributed by atoms with Crippen LogP contribution in [0.1, 0.15) is 26.0 Å². The van der Waals surface area contributed by atoms with Crippen LogP contribution in [0.4, 0.5) is 4.39 Å². The van der Waals surface area contributed by atoms with Gasteiger partial charge >= 0.3 is 5.97 Å². The van der Waals surface area contributed by atoms with Gasteiger partial charge in [0.1, 0.15) is 22.1 Å². The number of aromatic nitrogens is 3. The summed E-state index contributed by atoms with van der Waals surface area (Å²) in [7, 11) is 0. The first-order valence-electron chi connectivity index (χ1n) is 7.91. The van der Waals surface area contributed by atoms with Crippen molar-refractivity contribution in [3.05, 3.63) is 51.6 Å². The summed E-state index contributed by atoms with van der Waals surface area (Å²) in [6, 6.07) is 2.84. The first-order chi connectivity index (χ1) is 12.9. The van der Waals surface area contributed by atoms with E-state index in [1.54, 1.807) is 6.92 Å². The van der Waals surface area contributed by atoms with E-state index in [-0.39, 0.29) is 4.88 Å². The van der Waals surface area contributed by atoms with Gasteiger partial charge < -0.3 is 15.0 Å². The molecule has 10 heteroatoms. The number of halogens is 1. The standard InChI is InChI=1S/C17H15FN4O4S/c1-9-11(16(22-26-9)12-4-2-10(18)6-20-12)3-5-15-21-7-13(27-15)17(24)25-8-14(19)23/h2,4,6-7H,3,5,8H2,1H3,(H2,19,23). The molecule has 0 atom stereocenters. The van der Waals surface area contributed by atoms with Gasteiger partial charge in [-0.1, -0.05) is 5.16 Å². The number of hydrogen-bond donors (Lipinski definition) is 1. The number of carbonyl (C=O) groups is 2. The number of carbonyl (C=O) groups excluding carboxylic acids is 2. The van der Waals surface area contributed by atoms with Crippen LogP contribution in [0.5, 0.6) is 0 Å². The van der Waals surface area contributed by atoms with Crippen LogP contribution in [0.3, 0.4) is 0 Å². The highest BCUT2D eigenvalue weighted by Crippen LogP contribution is 2.26. The van der Waals surface area contributed by atoms with Gasteiger partial charge in [-0.25, -0.2) is 14.2 Å². The summed E-state index contributed by atoms with van der Waals surface area (Å²) in [6.07, 6.45) is 3.59. The molecule has 0 fully saturated rings. The average Bonchev–Trinajstić information content (AvgIpc) is 3.25. The molecule has 0 aromatic carbocycles. The van der Waals surface area contributed by atoms with E-state index in [0.717, 1.165) is 11.8 Å². The van der Waals surface area contributed by atoms with Gasteiger partial charge in [0.05, 0.1) is 23.1 Å². The molecule has 0 aliphatic carbocycles. The molecule has 3 aromatic heterocycles. The van der Waals surface area contributed by atoms with Gasteiger partial charge in [-0.2, -0.15) is 0 Å². The Kier molecular flexibility index (Phi) is 5.55. The van der Waals surface area contributed by atoms with Crippen molar-refractivity contribution in [1.29, 1.82) is 0 Å². The number of pyridine rings is 1. The number of nitrogens with two attached hydrogens (primary N) is 1. The molecule has 27 heavy (non-hydrogen) atoms. The van der Waals surface area contributed by atoms with Crippen molar-refractivity contribution in [2.24, 2.45) is 5.73 Å². The Morgan fingerprint density at radius 1 is 1.26 bits per heavy atom. The van der Waals surface area contributed by atoms with Crippen molar-refractivity contribution in [3.63, 3.8) is 0 Å². The average molecular weight is 390 g/mol. The minimum atomic E-state index is -0.724. The van der Waals surface area contributed by atoms with E-state index in [2.05, 4.69) is 15.1 Å². The van der Waals surface area contributed by atoms with Crippen molar-refractivity contribution in [2.75, 3.05) is 6.61 Å². The number of amides is 1. The number of esters is 1. The number of rotatable bonds is 7. The Hall–Kier alpha value is -3.14. The van der Waals surface area contributed by atoms with E-state index in [4.69, 9.17) is 15.0 Å². The number of primary amides is 1. The van der Waals surface area contributed by atoms with Crippen molar-refractivity contribution in [2.45, 2.75) is 19.8 Å². The minimum Gasteiger partial charge on any atom is -0.451 e. The lowest BCUT2D eigenvalue weighted by atomic mass is 10.1. The second-order valence-electron chi connectivity index (χ2n) is 5.59. The summed E-state index contributed by atoms with van der Waals surface area (Å²) in [6.45, 7) is 1.31. The molecular formula is C17H15FN4O4S. The van der Waals surface area contributed by atoms with E-state index in [1.165, 1.54) is 29.7 Å². The SMILES string of the molecule is Cc1onc(-c2ccc(F)cn2)c1CCc1ncc(C(=O)OCC(N)=O)s1. The van der Waals surface area contributed by atoms with Crippen LogP contribution < -0.4 is 5.73 Å². The number of nitrogens with zero attached hydrogens (tertiary/aromatic N) is 3. The highest BCUT2D eigenvalue weighted by molar-refractivity contribution is 7.13. The highest BCUT2D eigenvalue weighted by Gasteiger charge is 2.18. The molecule has 0 aliphatic heterocycles. The Morgan fingerprint density at radius 3 is 2.78 bits per heavy atom. The molecule has 0 radical (unpaired) electrons. The van der Waals surface area contributed by atoms with Gasteiger partial charge in [0, 0.05) is 12.0 Å². The molecule has 140 valence electrons. The Bertz CT molecular complexity index is 968. The zero-order valence-corrected chi connectivity index (χ0v) is 15.1. The second-order valence-corrected chi connectivity index (χ2v) is 6.70. The fourth-order valence-corrected chi connectivity index (χ4v) is 3.17. The molecule has 0 saturated heterocycles. The Balaban J connectivity index is 1.69. The fourth-order valence-electron chi connectivity index (χ4n) is 2.36. The maximum absolute atomic E-state index is 13.1. The lowest BCUT2D eigenvalue weighted by Crippen LogP contribution is -2.20. The van der Waals surface area contributed by atoms with E-state index in [9.17, 15) is 14.0 Å². The second kappa shape index (κ2) is 8.04. The quantitative estimate of drug-likeness (QED) is 0.613. The first-order valence-corrected chi connectivity index (χ1v) is 8.73. The maximum atomic E-state index is 13.1. The predicted molar refractivity (Wildman–Crippen MR) is 93.4 cm³/mol. The monoisotopic (exact) mass is 390 g/mol. The Morgan fingerprint density at radius 2 is 2.07 bits per heavy atom. The lowest BCUT2D eigenvalue weighted by molar-refractivity contribution is -0.121. The van der Waals surface area contributed by atoms with Crippen LogP contribution in [0.25, 0.3) is 11.4 Å². The Labute approximate surface area is 157 Å². The van der Waals surface area contributed by atoms with Crippen molar-refractivity contribution < 1.29 is 23.2 Å². The van der Waals surface area contributed by atoms with Gasteiger partial charge in [-0.15, -0.1) is 11.3 Å². The van der Waals surface area contributed by atoms with Crippen LogP contribution >= 0.6 is 11.3 Å². The van der Waals surface area contributed by atoms with Crippen LogP contribution in [0.15, 0.2) is 29.0 Å². The van der Waals surface area contributed by atoms with Crippen molar-refractivity contribution >= 4 is 23.2 Å². The summed E-state index contributed by atoms with van der Waals surface area (Å²) < 4.78 is 23.1. The van der Waals surface area contributed by atoms with Crippen molar-refractivity contribution in [1.82, 2.24) is 15.1 Å². The van der Waals surface area contributed by atoms with E-state index < -0.39 is 24.3 Å². The van der Waals surface area contributed by atoms with E-state index in [0.29, 0.717) is 35.0 Å². The molecule has 0 unspecified atom stereocenters. The minimum absolute atomic E-state index is 0.286. The van der Waals surface area contributed by atoms with Crippen LogP contribution in [0, 0.1) is 12.7 Å². The zero-order chi connectivity index (χ0) is 19.4. The van der Waals surface area contributed by atoms with E-state index >= 15 is 0 Å². The summed E-state index contributed by atoms with van der Waals surface area (Å²) in [4.78, 5) is 31.0. The van der Waals surface area contributed by atoms with Gasteiger partial charge in [-0.3, -0.25) is 9.78 Å².